The van der Waals surface area contributed by atoms with Gasteiger partial charge >= 0.3 is 0 Å². The molecule has 4 amide bonds. The fraction of sp³-hybridized carbons (Fsp3) is 0.469. The molecule has 0 saturated heterocycles. The van der Waals surface area contributed by atoms with Gasteiger partial charge in [-0.25, -0.2) is 0 Å². The van der Waals surface area contributed by atoms with Crippen LogP contribution in [-0.2, 0) is 46.4 Å². The third kappa shape index (κ3) is 17.1. The van der Waals surface area contributed by atoms with Crippen molar-refractivity contribution in [3.8, 4) is 16.9 Å². The van der Waals surface area contributed by atoms with Gasteiger partial charge in [0.25, 0.3) is 6.92 Å². The van der Waals surface area contributed by atoms with Crippen LogP contribution in [0.3, 0.4) is 0 Å². The number of ketones is 4. The third-order valence-corrected chi connectivity index (χ3v) is 11.8. The normalized spacial score (nSPS) is 13.8. The molecule has 0 spiro atoms. The van der Waals surface area contributed by atoms with Gasteiger partial charge < -0.3 is 36.5 Å². The standard InChI is InChI=1S/C49H65BN4O11/c1-7-8-9-33-10-14-35(15-11-33)36-16-18-37(19-17-36)43(58)27-38(29-55)49(64)52-32(4)42(57)22-23-47(62)54(6)41(26-34-12-20-39(56)21-13-34)45(60)24-30(2)48(63)53-40(28-46(51)61)44(59)25-31(3)50(5)65/h10-21,30-32,38,40-41,55-56,65H,7-9,22-29H2,1-6H3,(H2,51,61)(H,52,64)(H,53,63)/t30-,31-,32-,38-,40+,41+/m1/s1. The number of aliphatic hydroxyl groups is 1. The zero-order valence-electron chi connectivity index (χ0n) is 38.4. The molecule has 3 aromatic rings. The number of nitrogens with zero attached hydrogens (tertiary/aromatic N) is 1. The van der Waals surface area contributed by atoms with Crippen molar-refractivity contribution in [3.05, 3.63) is 89.5 Å². The number of nitrogens with two attached hydrogens (primary N) is 1. The molecule has 65 heavy (non-hydrogen) atoms. The van der Waals surface area contributed by atoms with Crippen molar-refractivity contribution in [2.75, 3.05) is 13.7 Å². The molecule has 0 fully saturated rings. The Morgan fingerprint density at radius 1 is 0.723 bits per heavy atom. The number of carbonyl (C=O) groups is 8. The summed E-state index contributed by atoms with van der Waals surface area (Å²) in [4.78, 5) is 106. The maximum absolute atomic E-state index is 13.9. The van der Waals surface area contributed by atoms with Crippen molar-refractivity contribution in [1.29, 1.82) is 0 Å². The number of rotatable bonds is 28. The molecule has 0 aliphatic heterocycles. The zero-order chi connectivity index (χ0) is 48.4. The van der Waals surface area contributed by atoms with Crippen LogP contribution in [0.1, 0.15) is 101 Å². The number of hydrogen-bond donors (Lipinski definition) is 6. The molecule has 3 aromatic carbocycles. The molecule has 7 N–H and O–H groups in total. The van der Waals surface area contributed by atoms with E-state index >= 15 is 0 Å². The Morgan fingerprint density at radius 3 is 1.86 bits per heavy atom. The Labute approximate surface area is 382 Å². The highest BCUT2D eigenvalue weighted by molar-refractivity contribution is 6.50. The second-order valence-electron chi connectivity index (χ2n) is 17.2. The Hall–Kier alpha value is -6.00. The number of primary amides is 1. The van der Waals surface area contributed by atoms with Crippen LogP contribution in [0.4, 0.5) is 0 Å². The Bertz CT molecular complexity index is 2110. The lowest BCUT2D eigenvalue weighted by molar-refractivity contribution is -0.140. The van der Waals surface area contributed by atoms with Crippen LogP contribution in [0.25, 0.3) is 11.1 Å². The van der Waals surface area contributed by atoms with E-state index in [0.29, 0.717) is 11.1 Å². The fourth-order valence-electron chi connectivity index (χ4n) is 7.13. The van der Waals surface area contributed by atoms with Crippen molar-refractivity contribution in [3.63, 3.8) is 0 Å². The first-order valence-electron chi connectivity index (χ1n) is 22.3. The summed E-state index contributed by atoms with van der Waals surface area (Å²) >= 11 is 0. The molecule has 350 valence electrons. The van der Waals surface area contributed by atoms with Gasteiger partial charge in [0.2, 0.25) is 23.6 Å². The fourth-order valence-corrected chi connectivity index (χ4v) is 7.13. The van der Waals surface area contributed by atoms with E-state index in [1.807, 2.05) is 24.3 Å². The lowest BCUT2D eigenvalue weighted by Crippen LogP contribution is -2.48. The van der Waals surface area contributed by atoms with Gasteiger partial charge in [-0.3, -0.25) is 38.4 Å². The SMILES string of the molecule is CCCCc1ccc(-c2ccc(C(=O)C[C@H](CO)C(=O)N[C@H](C)C(=O)CCC(=O)N(C)[C@@H](Cc3ccc(O)cc3)C(=O)C[C@@H](C)C(=O)N[C@@H](CC(N)=O)C(=O)C[C@@H](C)B(C)O)cc2)cc1. The molecular weight excluding hydrogens is 831 g/mol. The Morgan fingerprint density at radius 2 is 1.31 bits per heavy atom. The van der Waals surface area contributed by atoms with Gasteiger partial charge in [-0.15, -0.1) is 0 Å². The van der Waals surface area contributed by atoms with Crippen LogP contribution >= 0.6 is 0 Å². The third-order valence-electron chi connectivity index (χ3n) is 11.8. The number of aryl methyl sites for hydroxylation is 1. The molecule has 0 aliphatic rings. The first-order valence-corrected chi connectivity index (χ1v) is 22.3. The molecule has 0 radical (unpaired) electrons. The summed E-state index contributed by atoms with van der Waals surface area (Å²) in [5.74, 6) is -7.35. The summed E-state index contributed by atoms with van der Waals surface area (Å²) in [6, 6.07) is 17.8. The summed E-state index contributed by atoms with van der Waals surface area (Å²) in [7, 11) is 1.39. The van der Waals surface area contributed by atoms with Gasteiger partial charge in [-0.05, 0) is 66.4 Å². The lowest BCUT2D eigenvalue weighted by Gasteiger charge is -2.29. The van der Waals surface area contributed by atoms with Crippen LogP contribution in [0.15, 0.2) is 72.8 Å². The predicted octanol–water partition coefficient (Wildman–Crippen LogP) is 4.43. The molecule has 0 saturated carbocycles. The molecule has 15 nitrogen and oxygen atoms in total. The summed E-state index contributed by atoms with van der Waals surface area (Å²) in [5, 5.41) is 34.7. The zero-order valence-corrected chi connectivity index (χ0v) is 38.4. The van der Waals surface area contributed by atoms with Gasteiger partial charge in [0.1, 0.15) is 5.75 Å². The van der Waals surface area contributed by atoms with E-state index < -0.39 is 96.7 Å². The Balaban J connectivity index is 1.61. The minimum Gasteiger partial charge on any atom is -0.508 e. The van der Waals surface area contributed by atoms with Gasteiger partial charge in [-0.1, -0.05) is 94.7 Å². The molecule has 0 aromatic heterocycles. The quantitative estimate of drug-likeness (QED) is 0.0440. The molecule has 0 heterocycles. The number of carbonyl (C=O) groups excluding carboxylic acids is 8. The highest BCUT2D eigenvalue weighted by atomic mass is 16.3. The van der Waals surface area contributed by atoms with Crippen LogP contribution in [0.5, 0.6) is 5.75 Å². The number of hydrogen-bond acceptors (Lipinski definition) is 11. The number of aromatic hydroxyl groups is 1. The first kappa shape index (κ1) is 53.3. The minimum absolute atomic E-state index is 0.00544. The second-order valence-corrected chi connectivity index (χ2v) is 17.2. The van der Waals surface area contributed by atoms with Crippen molar-refractivity contribution in [2.45, 2.75) is 123 Å². The molecule has 16 heteroatoms. The molecule has 6 atom stereocenters. The van der Waals surface area contributed by atoms with E-state index in [2.05, 4.69) is 29.7 Å². The lowest BCUT2D eigenvalue weighted by atomic mass is 9.58. The highest BCUT2D eigenvalue weighted by Gasteiger charge is 2.33. The number of nitrogens with one attached hydrogen (secondary N) is 2. The van der Waals surface area contributed by atoms with Crippen molar-refractivity contribution in [1.82, 2.24) is 15.5 Å². The van der Waals surface area contributed by atoms with Gasteiger partial charge in [-0.2, -0.15) is 0 Å². The van der Waals surface area contributed by atoms with Crippen LogP contribution < -0.4 is 16.4 Å². The minimum atomic E-state index is -1.27. The predicted molar refractivity (Wildman–Crippen MR) is 248 cm³/mol. The number of phenolic OH excluding ortho intramolecular Hbond substituents is 1. The van der Waals surface area contributed by atoms with Crippen molar-refractivity contribution in [2.24, 2.45) is 17.6 Å². The molecule has 3 rings (SSSR count). The van der Waals surface area contributed by atoms with Crippen LogP contribution in [-0.4, -0.2) is 106 Å². The average molecular weight is 897 g/mol. The highest BCUT2D eigenvalue weighted by Crippen LogP contribution is 2.23. The van der Waals surface area contributed by atoms with E-state index in [-0.39, 0.29) is 50.1 Å². The topological polar surface area (TPSA) is 251 Å². The average Bonchev–Trinajstić information content (AvgIpc) is 3.28. The van der Waals surface area contributed by atoms with Crippen molar-refractivity contribution < 1.29 is 53.6 Å². The molecule has 0 bridgehead atoms. The first-order chi connectivity index (χ1) is 30.7. The number of unbranched alkanes of at least 4 members (excludes halogenated alkanes) is 1. The molecule has 0 aliphatic carbocycles. The maximum Gasteiger partial charge on any atom is 0.289 e. The largest absolute Gasteiger partial charge is 0.508 e. The second kappa shape index (κ2) is 26.1. The number of benzene rings is 3. The number of phenols is 1. The number of likely N-dealkylation sites (N-methyl/N-ethyl adjacent to an activating group) is 1. The van der Waals surface area contributed by atoms with Crippen molar-refractivity contribution >= 4 is 53.7 Å². The van der Waals surface area contributed by atoms with E-state index in [9.17, 15) is 53.6 Å². The van der Waals surface area contributed by atoms with E-state index in [4.69, 9.17) is 5.73 Å². The monoisotopic (exact) mass is 896 g/mol. The number of aliphatic hydroxyl groups excluding tert-OH is 1. The van der Waals surface area contributed by atoms with Crippen LogP contribution in [0.2, 0.25) is 12.6 Å². The van der Waals surface area contributed by atoms with E-state index in [1.54, 1.807) is 31.2 Å². The summed E-state index contributed by atoms with van der Waals surface area (Å²) in [6.07, 6.45) is 1.30. The summed E-state index contributed by atoms with van der Waals surface area (Å²) in [6.45, 7) is 6.72. The summed E-state index contributed by atoms with van der Waals surface area (Å²) < 4.78 is 0. The number of amides is 4. The van der Waals surface area contributed by atoms with Gasteiger partial charge in [0, 0.05) is 50.6 Å². The van der Waals surface area contributed by atoms with Gasteiger partial charge in [0.15, 0.2) is 23.1 Å². The molecular formula is C49H65BN4O11. The molecule has 0 unspecified atom stereocenters. The van der Waals surface area contributed by atoms with Crippen LogP contribution in [0, 0.1) is 11.8 Å². The summed E-state index contributed by atoms with van der Waals surface area (Å²) in [5.41, 5.74) is 9.48. The van der Waals surface area contributed by atoms with Gasteiger partial charge in [0.05, 0.1) is 37.1 Å². The maximum atomic E-state index is 13.9. The van der Waals surface area contributed by atoms with E-state index in [0.717, 1.165) is 30.4 Å². The van der Waals surface area contributed by atoms with E-state index in [1.165, 1.54) is 50.3 Å². The smallest absolute Gasteiger partial charge is 0.289 e. The number of Topliss-reactive ketones (excluding diaryl/α,β-unsaturated/α-hetero) is 4. The Kier molecular flexibility index (Phi) is 21.4.